The molecule has 0 spiro atoms. The molecule has 5 heteroatoms. The highest BCUT2D eigenvalue weighted by Crippen LogP contribution is 2.44. The molecular weight excluding hydrogens is 400 g/mol. The van der Waals surface area contributed by atoms with Crippen molar-refractivity contribution in [3.8, 4) is 11.1 Å². The van der Waals surface area contributed by atoms with Crippen molar-refractivity contribution in [3.05, 3.63) is 95.1 Å². The third-order valence-electron chi connectivity index (χ3n) is 6.46. The second kappa shape index (κ2) is 9.15. The number of likely N-dealkylation sites (tertiary alicyclic amines) is 1. The molecule has 1 amide bonds. The Morgan fingerprint density at radius 1 is 0.938 bits per heavy atom. The Balaban J connectivity index is 1.13. The number of aliphatic hydroxyl groups excluding tert-OH is 1. The minimum absolute atomic E-state index is 0.0662. The molecule has 5 nitrogen and oxygen atoms in total. The molecular formula is C27H28N2O3. The van der Waals surface area contributed by atoms with Gasteiger partial charge >= 0.3 is 6.09 Å². The second-order valence-corrected chi connectivity index (χ2v) is 8.67. The minimum atomic E-state index is -0.401. The summed E-state index contributed by atoms with van der Waals surface area (Å²) in [6.07, 6.45) is 0.250. The van der Waals surface area contributed by atoms with Crippen molar-refractivity contribution in [2.75, 3.05) is 19.7 Å². The van der Waals surface area contributed by atoms with Gasteiger partial charge in [0.05, 0.1) is 6.10 Å². The number of carbonyl (C=O) groups is 1. The summed E-state index contributed by atoms with van der Waals surface area (Å²) in [6.45, 7) is 3.27. The normalized spacial score (nSPS) is 17.7. The molecule has 3 aromatic rings. The summed E-state index contributed by atoms with van der Waals surface area (Å²) >= 11 is 0. The molecule has 5 rings (SSSR count). The zero-order valence-corrected chi connectivity index (χ0v) is 18.0. The van der Waals surface area contributed by atoms with Gasteiger partial charge in [-0.3, -0.25) is 4.90 Å². The molecule has 1 unspecified atom stereocenters. The number of alkyl carbamates (subject to hydrolysis) is 1. The lowest BCUT2D eigenvalue weighted by Gasteiger charge is -2.15. The number of benzene rings is 3. The molecule has 0 radical (unpaired) electrons. The first kappa shape index (κ1) is 20.7. The number of hydrogen-bond acceptors (Lipinski definition) is 4. The van der Waals surface area contributed by atoms with Crippen LogP contribution in [0.15, 0.2) is 72.8 Å². The van der Waals surface area contributed by atoms with Crippen LogP contribution < -0.4 is 5.32 Å². The molecule has 1 heterocycles. The quantitative estimate of drug-likeness (QED) is 0.615. The SMILES string of the molecule is O=C(NCc1ccc(CN2CCC(O)C2)cc1)OCC1c2ccccc2-c2ccccc21. The average molecular weight is 429 g/mol. The lowest BCUT2D eigenvalue weighted by Crippen LogP contribution is -2.25. The summed E-state index contributed by atoms with van der Waals surface area (Å²) < 4.78 is 5.60. The Morgan fingerprint density at radius 2 is 1.56 bits per heavy atom. The maximum atomic E-state index is 12.4. The van der Waals surface area contributed by atoms with E-state index in [4.69, 9.17) is 4.74 Å². The highest BCUT2D eigenvalue weighted by Gasteiger charge is 2.29. The molecule has 1 atom stereocenters. The van der Waals surface area contributed by atoms with Gasteiger partial charge in [-0.2, -0.15) is 0 Å². The number of amides is 1. The number of fused-ring (bicyclic) bond motifs is 3. The molecule has 1 aliphatic heterocycles. The van der Waals surface area contributed by atoms with Gasteiger partial charge in [0.15, 0.2) is 0 Å². The van der Waals surface area contributed by atoms with Crippen LogP contribution >= 0.6 is 0 Å². The van der Waals surface area contributed by atoms with Crippen LogP contribution in [0, 0.1) is 0 Å². The molecule has 0 aromatic heterocycles. The fourth-order valence-electron chi connectivity index (χ4n) is 4.80. The van der Waals surface area contributed by atoms with Crippen molar-refractivity contribution >= 4 is 6.09 Å². The third kappa shape index (κ3) is 4.40. The summed E-state index contributed by atoms with van der Waals surface area (Å²) in [7, 11) is 0. The predicted octanol–water partition coefficient (Wildman–Crippen LogP) is 4.29. The maximum absolute atomic E-state index is 12.4. The van der Waals surface area contributed by atoms with Gasteiger partial charge in [-0.25, -0.2) is 4.79 Å². The summed E-state index contributed by atoms with van der Waals surface area (Å²) in [6, 6.07) is 24.9. The van der Waals surface area contributed by atoms with E-state index in [1.165, 1.54) is 27.8 Å². The average Bonchev–Trinajstić information content (AvgIpc) is 3.38. The van der Waals surface area contributed by atoms with Crippen LogP contribution in [0.5, 0.6) is 0 Å². The van der Waals surface area contributed by atoms with Crippen molar-refractivity contribution in [2.24, 2.45) is 0 Å². The minimum Gasteiger partial charge on any atom is -0.449 e. The zero-order valence-electron chi connectivity index (χ0n) is 18.0. The number of rotatable bonds is 6. The third-order valence-corrected chi connectivity index (χ3v) is 6.46. The number of nitrogens with zero attached hydrogens (tertiary/aromatic N) is 1. The number of nitrogens with one attached hydrogen (secondary N) is 1. The predicted molar refractivity (Wildman–Crippen MR) is 124 cm³/mol. The van der Waals surface area contributed by atoms with Gasteiger partial charge in [-0.15, -0.1) is 0 Å². The molecule has 1 fully saturated rings. The first-order valence-electron chi connectivity index (χ1n) is 11.2. The highest BCUT2D eigenvalue weighted by molar-refractivity contribution is 5.79. The molecule has 0 bridgehead atoms. The standard InChI is InChI=1S/C27H28N2O3/c30-21-13-14-29(17-21)16-20-11-9-19(10-12-20)15-28-27(31)32-18-26-24-7-3-1-5-22(24)23-6-2-4-8-25(23)26/h1-12,21,26,30H,13-18H2,(H,28,31). The Labute approximate surface area is 188 Å². The Morgan fingerprint density at radius 3 is 2.19 bits per heavy atom. The van der Waals surface area contributed by atoms with Gasteiger partial charge in [0, 0.05) is 32.1 Å². The van der Waals surface area contributed by atoms with Gasteiger partial charge in [-0.1, -0.05) is 72.8 Å². The smallest absolute Gasteiger partial charge is 0.407 e. The van der Waals surface area contributed by atoms with Crippen LogP contribution in [0.2, 0.25) is 0 Å². The van der Waals surface area contributed by atoms with Crippen molar-refractivity contribution in [3.63, 3.8) is 0 Å². The molecule has 164 valence electrons. The first-order valence-corrected chi connectivity index (χ1v) is 11.2. The van der Waals surface area contributed by atoms with Crippen molar-refractivity contribution in [2.45, 2.75) is 31.5 Å². The van der Waals surface area contributed by atoms with E-state index in [2.05, 4.69) is 46.6 Å². The van der Waals surface area contributed by atoms with E-state index in [0.717, 1.165) is 31.6 Å². The van der Waals surface area contributed by atoms with E-state index in [1.54, 1.807) is 0 Å². The van der Waals surface area contributed by atoms with Crippen LogP contribution in [0.25, 0.3) is 11.1 Å². The Kier molecular flexibility index (Phi) is 5.93. The molecule has 0 saturated carbocycles. The monoisotopic (exact) mass is 428 g/mol. The van der Waals surface area contributed by atoms with Gasteiger partial charge in [0.25, 0.3) is 0 Å². The molecule has 32 heavy (non-hydrogen) atoms. The Bertz CT molecular complexity index is 1050. The van der Waals surface area contributed by atoms with Gasteiger partial charge in [0.2, 0.25) is 0 Å². The van der Waals surface area contributed by atoms with Crippen LogP contribution in [-0.2, 0) is 17.8 Å². The number of carbonyl (C=O) groups excluding carboxylic acids is 1. The zero-order chi connectivity index (χ0) is 21.9. The first-order chi connectivity index (χ1) is 15.7. The number of hydrogen-bond donors (Lipinski definition) is 2. The number of aliphatic hydroxyl groups is 1. The van der Waals surface area contributed by atoms with E-state index in [1.807, 2.05) is 36.4 Å². The van der Waals surface area contributed by atoms with Crippen LogP contribution in [0.4, 0.5) is 4.79 Å². The highest BCUT2D eigenvalue weighted by atomic mass is 16.5. The van der Waals surface area contributed by atoms with Crippen LogP contribution in [-0.4, -0.2) is 41.9 Å². The van der Waals surface area contributed by atoms with E-state index in [9.17, 15) is 9.90 Å². The van der Waals surface area contributed by atoms with E-state index in [0.29, 0.717) is 13.2 Å². The summed E-state index contributed by atoms with van der Waals surface area (Å²) in [4.78, 5) is 14.6. The lowest BCUT2D eigenvalue weighted by molar-refractivity contribution is 0.142. The number of ether oxygens (including phenoxy) is 1. The largest absolute Gasteiger partial charge is 0.449 e. The van der Waals surface area contributed by atoms with Crippen molar-refractivity contribution in [1.29, 1.82) is 0 Å². The van der Waals surface area contributed by atoms with Crippen LogP contribution in [0.3, 0.4) is 0 Å². The Hall–Kier alpha value is -3.15. The van der Waals surface area contributed by atoms with E-state index < -0.39 is 6.09 Å². The van der Waals surface area contributed by atoms with E-state index >= 15 is 0 Å². The molecule has 3 aromatic carbocycles. The summed E-state index contributed by atoms with van der Waals surface area (Å²) in [5, 5.41) is 12.5. The van der Waals surface area contributed by atoms with Gasteiger partial charge in [0.1, 0.15) is 6.61 Å². The van der Waals surface area contributed by atoms with Crippen LogP contribution in [0.1, 0.15) is 34.6 Å². The fraction of sp³-hybridized carbons (Fsp3) is 0.296. The summed E-state index contributed by atoms with van der Waals surface area (Å²) in [5.74, 6) is 0.0662. The molecule has 1 aliphatic carbocycles. The van der Waals surface area contributed by atoms with Gasteiger partial charge < -0.3 is 15.2 Å². The molecule has 1 saturated heterocycles. The fourth-order valence-corrected chi connectivity index (χ4v) is 4.80. The summed E-state index contributed by atoms with van der Waals surface area (Å²) in [5.41, 5.74) is 7.11. The lowest BCUT2D eigenvalue weighted by atomic mass is 9.98. The molecule has 2 N–H and O–H groups in total. The van der Waals surface area contributed by atoms with Crippen molar-refractivity contribution < 1.29 is 14.6 Å². The molecule has 2 aliphatic rings. The number of β-amino-alcohol motifs (C(OH)–C–C–N with tert-alkyl or cyclic N) is 1. The van der Waals surface area contributed by atoms with Crippen molar-refractivity contribution in [1.82, 2.24) is 10.2 Å². The van der Waals surface area contributed by atoms with Gasteiger partial charge in [-0.05, 0) is 39.8 Å². The second-order valence-electron chi connectivity index (χ2n) is 8.67. The van der Waals surface area contributed by atoms with E-state index in [-0.39, 0.29) is 12.0 Å². The topological polar surface area (TPSA) is 61.8 Å². The maximum Gasteiger partial charge on any atom is 0.407 e.